The molecule has 4 heterocycles. The van der Waals surface area contributed by atoms with Gasteiger partial charge in [0.05, 0.1) is 18.9 Å². The Balaban J connectivity index is 0.000000198. The third-order valence-electron chi connectivity index (χ3n) is 12.6. The van der Waals surface area contributed by atoms with Crippen LogP contribution >= 0.6 is 0 Å². The van der Waals surface area contributed by atoms with Crippen molar-refractivity contribution < 1.29 is 24.2 Å². The number of aliphatic hydroxyl groups is 1. The number of piperidine rings is 2. The Kier molecular flexibility index (Phi) is 14.3. The minimum absolute atomic E-state index is 0.0584. The van der Waals surface area contributed by atoms with E-state index in [1.807, 2.05) is 33.2 Å². The van der Waals surface area contributed by atoms with Gasteiger partial charge in [-0.2, -0.15) is 0 Å². The number of imide groups is 1. The van der Waals surface area contributed by atoms with Crippen LogP contribution in [0, 0.1) is 11.8 Å². The van der Waals surface area contributed by atoms with Gasteiger partial charge in [0.25, 0.3) is 0 Å². The van der Waals surface area contributed by atoms with E-state index < -0.39 is 0 Å². The molecular formula is C46H63N7O5. The number of likely N-dealkylation sites (tertiary alicyclic amines) is 2. The molecule has 4 aliphatic rings. The summed E-state index contributed by atoms with van der Waals surface area (Å²) in [5.74, 6) is 0.208. The highest BCUT2D eigenvalue weighted by atomic mass is 16.5. The molecule has 2 aromatic heterocycles. The van der Waals surface area contributed by atoms with Crippen molar-refractivity contribution in [3.8, 4) is 0 Å². The van der Waals surface area contributed by atoms with Gasteiger partial charge in [-0.1, -0.05) is 36.4 Å². The van der Waals surface area contributed by atoms with E-state index in [-0.39, 0.29) is 35.7 Å². The average Bonchev–Trinajstić information content (AvgIpc) is 3.86. The summed E-state index contributed by atoms with van der Waals surface area (Å²) < 4.78 is 5.03. The molecule has 2 aromatic carbocycles. The fourth-order valence-electron chi connectivity index (χ4n) is 10.2. The van der Waals surface area contributed by atoms with Gasteiger partial charge in [-0.05, 0) is 94.1 Å². The number of benzene rings is 2. The lowest BCUT2D eigenvalue weighted by atomic mass is 9.72. The van der Waals surface area contributed by atoms with E-state index in [1.54, 1.807) is 0 Å². The maximum atomic E-state index is 13.6. The molecule has 8 rings (SSSR count). The Morgan fingerprint density at radius 1 is 0.862 bits per heavy atom. The number of rotatable bonds is 11. The molecule has 3 amide bonds. The Bertz CT molecular complexity index is 2070. The molecule has 12 nitrogen and oxygen atoms in total. The van der Waals surface area contributed by atoms with E-state index >= 15 is 0 Å². The fourth-order valence-corrected chi connectivity index (χ4v) is 10.2. The van der Waals surface area contributed by atoms with Crippen LogP contribution in [-0.4, -0.2) is 139 Å². The summed E-state index contributed by atoms with van der Waals surface area (Å²) in [6.07, 6.45) is 12.6. The first-order valence-electron chi connectivity index (χ1n) is 20.8. The molecule has 2 aliphatic heterocycles. The molecule has 0 bridgehead atoms. The molecule has 6 atom stereocenters. The molecule has 4 N–H and O–H groups in total. The first-order chi connectivity index (χ1) is 28.2. The van der Waals surface area contributed by atoms with E-state index in [2.05, 4.69) is 91.9 Å². The smallest absolute Gasteiger partial charge is 0.324 e. The molecule has 2 aliphatic carbocycles. The van der Waals surface area contributed by atoms with Gasteiger partial charge in [-0.15, -0.1) is 13.2 Å². The molecule has 2 fully saturated rings. The van der Waals surface area contributed by atoms with E-state index in [4.69, 9.17) is 9.84 Å². The Morgan fingerprint density at radius 3 is 1.86 bits per heavy atom. The predicted molar refractivity (Wildman–Crippen MR) is 231 cm³/mol. The number of methoxy groups -OCH3 is 1. The Morgan fingerprint density at radius 2 is 1.38 bits per heavy atom. The van der Waals surface area contributed by atoms with Crippen LogP contribution in [0.1, 0.15) is 60.3 Å². The number of nitrogens with zero attached hydrogens (tertiary/aromatic N) is 4. The number of urea groups is 1. The molecule has 0 unspecified atom stereocenters. The van der Waals surface area contributed by atoms with E-state index in [1.165, 1.54) is 50.6 Å². The number of aliphatic hydroxyl groups excluding tert-OH is 1. The van der Waals surface area contributed by atoms with Crippen molar-refractivity contribution in [1.29, 1.82) is 0 Å². The second-order valence-corrected chi connectivity index (χ2v) is 16.3. The largest absolute Gasteiger partial charge is 0.469 e. The number of hydrogen-bond donors (Lipinski definition) is 4. The van der Waals surface area contributed by atoms with Gasteiger partial charge in [0.15, 0.2) is 0 Å². The normalized spacial score (nSPS) is 23.4. The maximum Gasteiger partial charge on any atom is 0.324 e. The van der Waals surface area contributed by atoms with Crippen LogP contribution in [0.25, 0.3) is 21.8 Å². The first kappa shape index (κ1) is 42.8. The third-order valence-corrected chi connectivity index (χ3v) is 12.6. The zero-order chi connectivity index (χ0) is 41.5. The van der Waals surface area contributed by atoms with Crippen molar-refractivity contribution >= 4 is 39.7 Å². The van der Waals surface area contributed by atoms with E-state index in [0.29, 0.717) is 37.6 Å². The number of aromatic nitrogens is 2. The van der Waals surface area contributed by atoms with Crippen molar-refractivity contribution in [2.45, 2.75) is 62.9 Å². The number of ether oxygens (including phenoxy) is 1. The van der Waals surface area contributed by atoms with Crippen LogP contribution in [0.4, 0.5) is 4.79 Å². The number of carbonyl (C=O) groups excluding carboxylic acids is 3. The number of hydrogen-bond acceptors (Lipinski definition) is 8. The summed E-state index contributed by atoms with van der Waals surface area (Å²) in [6, 6.07) is 13.4. The van der Waals surface area contributed by atoms with Crippen LogP contribution in [0.5, 0.6) is 0 Å². The van der Waals surface area contributed by atoms with E-state index in [0.717, 1.165) is 70.9 Å². The van der Waals surface area contributed by atoms with Gasteiger partial charge in [-0.25, -0.2) is 4.79 Å². The highest BCUT2D eigenvalue weighted by Gasteiger charge is 2.45. The molecule has 0 radical (unpaired) electrons. The topological polar surface area (TPSA) is 137 Å². The lowest BCUT2D eigenvalue weighted by Crippen LogP contribution is -2.55. The number of fused-ring (bicyclic) bond motifs is 4. The van der Waals surface area contributed by atoms with Crippen LogP contribution in [0.2, 0.25) is 0 Å². The maximum absolute atomic E-state index is 13.6. The van der Waals surface area contributed by atoms with Crippen molar-refractivity contribution in [2.24, 2.45) is 11.8 Å². The number of aromatic amines is 2. The highest BCUT2D eigenvalue weighted by Crippen LogP contribution is 2.46. The number of carbonyl (C=O) groups is 3. The van der Waals surface area contributed by atoms with Gasteiger partial charge in [0.1, 0.15) is 0 Å². The summed E-state index contributed by atoms with van der Waals surface area (Å²) >= 11 is 0. The number of esters is 1. The first-order valence-corrected chi connectivity index (χ1v) is 20.8. The molecule has 58 heavy (non-hydrogen) atoms. The van der Waals surface area contributed by atoms with Crippen LogP contribution in [0.3, 0.4) is 0 Å². The molecular weight excluding hydrogens is 731 g/mol. The van der Waals surface area contributed by atoms with Crippen molar-refractivity contribution in [3.05, 3.63) is 96.4 Å². The molecule has 0 spiro atoms. The van der Waals surface area contributed by atoms with Gasteiger partial charge in [-0.3, -0.25) is 24.3 Å². The Hall–Kier alpha value is -4.75. The number of amides is 3. The monoisotopic (exact) mass is 793 g/mol. The molecule has 2 saturated heterocycles. The third kappa shape index (κ3) is 8.66. The van der Waals surface area contributed by atoms with Crippen LogP contribution in [0.15, 0.2) is 74.1 Å². The zero-order valence-corrected chi connectivity index (χ0v) is 35.0. The predicted octanol–water partition coefficient (Wildman–Crippen LogP) is 5.66. The summed E-state index contributed by atoms with van der Waals surface area (Å²) in [7, 11) is 6.51. The summed E-state index contributed by atoms with van der Waals surface area (Å²) in [4.78, 5) is 53.6. The van der Waals surface area contributed by atoms with Gasteiger partial charge in [0.2, 0.25) is 5.91 Å². The second-order valence-electron chi connectivity index (χ2n) is 16.3. The second kappa shape index (κ2) is 19.3. The summed E-state index contributed by atoms with van der Waals surface area (Å²) in [5.41, 5.74) is 7.80. The van der Waals surface area contributed by atoms with Crippen molar-refractivity contribution in [2.75, 3.05) is 74.1 Å². The van der Waals surface area contributed by atoms with Gasteiger partial charge >= 0.3 is 12.0 Å². The van der Waals surface area contributed by atoms with Gasteiger partial charge < -0.3 is 30.0 Å². The quantitative estimate of drug-likeness (QED) is 0.0869. The highest BCUT2D eigenvalue weighted by molar-refractivity contribution is 5.96. The SMILES string of the molecule is C=CCN1C[C@H](C(=O)N(CC)C(=O)NCCCN(C)C)C[C@@H]2c3cccc4[nH]cc(c34)C[C@H]21.C=CCN1C[C@H](C(=O)OC)C[C@@H]2c3cccc4[nH]cc(c34)C[C@H]21.CO. The van der Waals surface area contributed by atoms with Gasteiger partial charge in [0, 0.05) is 104 Å². The standard InChI is InChI=1S/C26H37N5O2.C19H22N2O2.CH4O/c1-5-12-30-17-19(25(32)31(6-2)26(33)27-11-8-13-29(3)4)14-21-20-9-7-10-22-24(20)18(16-28-22)15-23(21)30;1-3-7-21-11-13(19(22)23-2)8-15-14-5-4-6-16-18(14)12(10-20-16)9-17(15)21;1-2/h5,7,9-10,16,19,21,23,28H,1,6,8,11-15,17H2,2-4H3,(H,27,33);3-6,10,13,15,17,20H,1,7-9,11H2,2H3;2H,1H3/t19-,21-,23-;13-,15-,17-;/m11./s1. The lowest BCUT2D eigenvalue weighted by Gasteiger charge is -2.47. The van der Waals surface area contributed by atoms with Crippen molar-refractivity contribution in [1.82, 2.24) is 34.9 Å². The number of H-pyrrole nitrogens is 2. The zero-order valence-electron chi connectivity index (χ0n) is 35.0. The van der Waals surface area contributed by atoms with Crippen LogP contribution < -0.4 is 5.32 Å². The fraction of sp³-hybridized carbons (Fsp3) is 0.500. The molecule has 12 heteroatoms. The van der Waals surface area contributed by atoms with E-state index in [9.17, 15) is 14.4 Å². The lowest BCUT2D eigenvalue weighted by molar-refractivity contribution is -0.148. The van der Waals surface area contributed by atoms with Crippen LogP contribution in [-0.2, 0) is 27.2 Å². The minimum atomic E-state index is -0.280. The number of nitrogens with one attached hydrogen (secondary N) is 3. The minimum Gasteiger partial charge on any atom is -0.469 e. The summed E-state index contributed by atoms with van der Waals surface area (Å²) in [6.45, 7) is 14.5. The molecule has 4 aromatic rings. The van der Waals surface area contributed by atoms with Crippen molar-refractivity contribution in [3.63, 3.8) is 0 Å². The molecule has 312 valence electrons. The Labute approximate surface area is 343 Å². The molecule has 0 saturated carbocycles. The summed E-state index contributed by atoms with van der Waals surface area (Å²) in [5, 5.41) is 12.6. The average molecular weight is 794 g/mol.